The molecule has 2 aliphatic carbocycles. The Bertz CT molecular complexity index is 294. The van der Waals surface area contributed by atoms with E-state index in [0.717, 1.165) is 24.8 Å². The molecule has 0 amide bonds. The van der Waals surface area contributed by atoms with Crippen LogP contribution in [-0.4, -0.2) is 30.1 Å². The standard InChI is InChI=1S/C15H26N2O.C2H6/c1-12-2-4-14(5-3-12)17-8-6-15(7-9-17)10-13(11-15)16-18;1-2/h12-14H,2-11H2,1H3;1-2H3. The van der Waals surface area contributed by atoms with Crippen LogP contribution in [0, 0.1) is 16.2 Å². The summed E-state index contributed by atoms with van der Waals surface area (Å²) in [5.74, 6) is 0.948. The molecular formula is C17H32N2O. The summed E-state index contributed by atoms with van der Waals surface area (Å²) in [5, 5.41) is 3.20. The van der Waals surface area contributed by atoms with Crippen LogP contribution in [-0.2, 0) is 0 Å². The van der Waals surface area contributed by atoms with E-state index in [4.69, 9.17) is 0 Å². The third kappa shape index (κ3) is 3.41. The van der Waals surface area contributed by atoms with Gasteiger partial charge in [-0.2, -0.15) is 4.91 Å². The van der Waals surface area contributed by atoms with Crippen LogP contribution in [0.25, 0.3) is 0 Å². The Morgan fingerprint density at radius 1 is 1.00 bits per heavy atom. The Hall–Kier alpha value is -0.440. The molecule has 3 fully saturated rings. The molecule has 3 heteroatoms. The Morgan fingerprint density at radius 3 is 2.05 bits per heavy atom. The van der Waals surface area contributed by atoms with Gasteiger partial charge in [-0.05, 0) is 75.8 Å². The predicted molar refractivity (Wildman–Crippen MR) is 84.8 cm³/mol. The number of piperidine rings is 1. The monoisotopic (exact) mass is 280 g/mol. The van der Waals surface area contributed by atoms with E-state index in [2.05, 4.69) is 17.0 Å². The first-order valence-electron chi connectivity index (χ1n) is 8.77. The van der Waals surface area contributed by atoms with Gasteiger partial charge in [-0.1, -0.05) is 25.9 Å². The molecule has 116 valence electrons. The number of nitrogens with zero attached hydrogens (tertiary/aromatic N) is 2. The van der Waals surface area contributed by atoms with Crippen molar-refractivity contribution in [3.8, 4) is 0 Å². The Labute approximate surface area is 124 Å². The number of likely N-dealkylation sites (tertiary alicyclic amines) is 1. The van der Waals surface area contributed by atoms with Gasteiger partial charge in [0, 0.05) is 6.04 Å². The molecule has 0 atom stereocenters. The van der Waals surface area contributed by atoms with E-state index in [0.29, 0.717) is 5.41 Å². The molecule has 0 aromatic rings. The maximum Gasteiger partial charge on any atom is 0.0930 e. The maximum absolute atomic E-state index is 10.5. The molecule has 2 saturated carbocycles. The van der Waals surface area contributed by atoms with Crippen LogP contribution in [0.5, 0.6) is 0 Å². The van der Waals surface area contributed by atoms with E-state index in [1.807, 2.05) is 13.8 Å². The van der Waals surface area contributed by atoms with E-state index in [9.17, 15) is 4.91 Å². The number of hydrogen-bond acceptors (Lipinski definition) is 3. The van der Waals surface area contributed by atoms with E-state index >= 15 is 0 Å². The van der Waals surface area contributed by atoms with Crippen molar-refractivity contribution in [1.29, 1.82) is 0 Å². The fourth-order valence-electron chi connectivity index (χ4n) is 4.39. The minimum atomic E-state index is 0.145. The molecule has 3 rings (SSSR count). The van der Waals surface area contributed by atoms with E-state index in [1.165, 1.54) is 51.6 Å². The van der Waals surface area contributed by atoms with Crippen molar-refractivity contribution in [3.63, 3.8) is 0 Å². The average Bonchev–Trinajstić information content (AvgIpc) is 2.48. The zero-order valence-corrected chi connectivity index (χ0v) is 13.6. The van der Waals surface area contributed by atoms with Crippen molar-refractivity contribution in [2.75, 3.05) is 13.1 Å². The third-order valence-electron chi connectivity index (χ3n) is 5.85. The van der Waals surface area contributed by atoms with Gasteiger partial charge < -0.3 is 4.90 Å². The second-order valence-electron chi connectivity index (χ2n) is 7.12. The molecule has 0 unspecified atom stereocenters. The molecule has 1 saturated heterocycles. The molecule has 1 aliphatic heterocycles. The highest BCUT2D eigenvalue weighted by molar-refractivity contribution is 5.01. The minimum absolute atomic E-state index is 0.145. The summed E-state index contributed by atoms with van der Waals surface area (Å²) in [6.07, 6.45) is 10.4. The van der Waals surface area contributed by atoms with E-state index < -0.39 is 0 Å². The van der Waals surface area contributed by atoms with Crippen molar-refractivity contribution >= 4 is 0 Å². The van der Waals surface area contributed by atoms with E-state index in [-0.39, 0.29) is 6.04 Å². The lowest BCUT2D eigenvalue weighted by Crippen LogP contribution is -2.51. The van der Waals surface area contributed by atoms with Crippen LogP contribution < -0.4 is 0 Å². The van der Waals surface area contributed by atoms with Gasteiger partial charge in [0.15, 0.2) is 0 Å². The first-order chi connectivity index (χ1) is 9.71. The maximum atomic E-state index is 10.5. The van der Waals surface area contributed by atoms with Crippen LogP contribution in [0.4, 0.5) is 0 Å². The third-order valence-corrected chi connectivity index (χ3v) is 5.85. The lowest BCUT2D eigenvalue weighted by atomic mass is 9.60. The summed E-state index contributed by atoms with van der Waals surface area (Å²) in [7, 11) is 0. The van der Waals surface area contributed by atoms with Gasteiger partial charge in [0.25, 0.3) is 0 Å². The van der Waals surface area contributed by atoms with Gasteiger partial charge in [0.05, 0.1) is 6.04 Å². The summed E-state index contributed by atoms with van der Waals surface area (Å²) < 4.78 is 0. The Morgan fingerprint density at radius 2 is 1.55 bits per heavy atom. The normalized spacial score (nSPS) is 34.0. The molecule has 20 heavy (non-hydrogen) atoms. The van der Waals surface area contributed by atoms with Gasteiger partial charge in [-0.3, -0.25) is 0 Å². The fraction of sp³-hybridized carbons (Fsp3) is 1.00. The summed E-state index contributed by atoms with van der Waals surface area (Å²) >= 11 is 0. The lowest BCUT2D eigenvalue weighted by molar-refractivity contribution is -0.00481. The van der Waals surface area contributed by atoms with Crippen LogP contribution in [0.2, 0.25) is 0 Å². The highest BCUT2D eigenvalue weighted by atomic mass is 16.3. The average molecular weight is 280 g/mol. The molecule has 0 bridgehead atoms. The summed E-state index contributed by atoms with van der Waals surface area (Å²) in [6, 6.07) is 1.01. The first-order valence-corrected chi connectivity index (χ1v) is 8.77. The highest BCUT2D eigenvalue weighted by Crippen LogP contribution is 2.50. The summed E-state index contributed by atoms with van der Waals surface area (Å²) in [4.78, 5) is 13.2. The van der Waals surface area contributed by atoms with Crippen molar-refractivity contribution in [2.24, 2.45) is 16.5 Å². The van der Waals surface area contributed by atoms with Gasteiger partial charge in [0.1, 0.15) is 0 Å². The second-order valence-corrected chi connectivity index (χ2v) is 7.12. The number of nitroso groups, excluding NO2 is 1. The van der Waals surface area contributed by atoms with Gasteiger partial charge in [0.2, 0.25) is 0 Å². The summed E-state index contributed by atoms with van der Waals surface area (Å²) in [5.41, 5.74) is 0.511. The van der Waals surface area contributed by atoms with Crippen molar-refractivity contribution in [3.05, 3.63) is 4.91 Å². The molecular weight excluding hydrogens is 248 g/mol. The summed E-state index contributed by atoms with van der Waals surface area (Å²) in [6.45, 7) is 8.93. The molecule has 1 spiro atoms. The molecule has 0 aromatic heterocycles. The van der Waals surface area contributed by atoms with Crippen LogP contribution in [0.15, 0.2) is 5.18 Å². The smallest absolute Gasteiger partial charge is 0.0930 e. The Kier molecular flexibility index (Phi) is 5.59. The number of hydrogen-bond donors (Lipinski definition) is 0. The van der Waals surface area contributed by atoms with Crippen molar-refractivity contribution in [1.82, 2.24) is 4.90 Å². The zero-order chi connectivity index (χ0) is 14.6. The second kappa shape index (κ2) is 7.02. The van der Waals surface area contributed by atoms with Crippen LogP contribution >= 0.6 is 0 Å². The molecule has 3 aliphatic rings. The SMILES string of the molecule is CC.CC1CCC(N2CCC3(CC2)CC(N=O)C3)CC1. The van der Waals surface area contributed by atoms with Crippen LogP contribution in [0.3, 0.4) is 0 Å². The molecule has 0 aromatic carbocycles. The zero-order valence-electron chi connectivity index (χ0n) is 13.6. The highest BCUT2D eigenvalue weighted by Gasteiger charge is 2.47. The molecule has 0 N–H and O–H groups in total. The van der Waals surface area contributed by atoms with Gasteiger partial charge >= 0.3 is 0 Å². The Balaban J connectivity index is 0.000000704. The van der Waals surface area contributed by atoms with Crippen molar-refractivity contribution < 1.29 is 0 Å². The first kappa shape index (κ1) is 15.9. The topological polar surface area (TPSA) is 32.7 Å². The van der Waals surface area contributed by atoms with Crippen LogP contribution in [0.1, 0.15) is 72.1 Å². The van der Waals surface area contributed by atoms with E-state index in [1.54, 1.807) is 0 Å². The lowest BCUT2D eigenvalue weighted by Gasteiger charge is -2.51. The fourth-order valence-corrected chi connectivity index (χ4v) is 4.39. The quantitative estimate of drug-likeness (QED) is 0.692. The molecule has 3 nitrogen and oxygen atoms in total. The number of rotatable bonds is 2. The van der Waals surface area contributed by atoms with Gasteiger partial charge in [-0.15, -0.1) is 0 Å². The molecule has 1 heterocycles. The minimum Gasteiger partial charge on any atom is -0.300 e. The molecule has 0 radical (unpaired) electrons. The predicted octanol–water partition coefficient (Wildman–Crippen LogP) is 4.60. The van der Waals surface area contributed by atoms with Crippen molar-refractivity contribution in [2.45, 2.75) is 84.2 Å². The largest absolute Gasteiger partial charge is 0.300 e. The van der Waals surface area contributed by atoms with Gasteiger partial charge in [-0.25, -0.2) is 0 Å².